The first-order chi connectivity index (χ1) is 15.8. The zero-order valence-corrected chi connectivity index (χ0v) is 19.9. The zero-order chi connectivity index (χ0) is 23.4. The first-order valence-corrected chi connectivity index (χ1v) is 12.7. The molecule has 1 aromatic heterocycles. The van der Waals surface area contributed by atoms with E-state index in [0.717, 1.165) is 29.7 Å². The second-order valence-electron chi connectivity index (χ2n) is 8.66. The van der Waals surface area contributed by atoms with E-state index in [-0.39, 0.29) is 23.4 Å². The van der Waals surface area contributed by atoms with Crippen molar-refractivity contribution >= 4 is 15.9 Å². The summed E-state index contributed by atoms with van der Waals surface area (Å²) in [6.07, 6.45) is 2.24. The molecule has 0 aliphatic heterocycles. The lowest BCUT2D eigenvalue weighted by Crippen LogP contribution is -2.44. The molecule has 1 aliphatic rings. The van der Waals surface area contributed by atoms with Crippen molar-refractivity contribution in [1.29, 1.82) is 0 Å². The third-order valence-corrected chi connectivity index (χ3v) is 7.79. The Morgan fingerprint density at radius 2 is 1.67 bits per heavy atom. The molecule has 0 N–H and O–H groups in total. The molecule has 1 heterocycles. The number of hydrogen-bond acceptors (Lipinski definition) is 4. The van der Waals surface area contributed by atoms with Crippen LogP contribution in [0.1, 0.15) is 35.5 Å². The van der Waals surface area contributed by atoms with Gasteiger partial charge in [-0.05, 0) is 62.9 Å². The molecule has 0 radical (unpaired) electrons. The summed E-state index contributed by atoms with van der Waals surface area (Å²) in [6, 6.07) is 20.4. The molecule has 174 valence electrons. The first-order valence-electron chi connectivity index (χ1n) is 11.3. The molecule has 0 bridgehead atoms. The van der Waals surface area contributed by atoms with Gasteiger partial charge in [0.05, 0.1) is 18.0 Å². The number of aryl methyl sites for hydroxylation is 2. The monoisotopic (exact) mass is 466 g/mol. The molecular formula is C26H30N2O4S. The summed E-state index contributed by atoms with van der Waals surface area (Å²) in [7, 11) is -3.76. The smallest absolute Gasteiger partial charge is 0.243 e. The van der Waals surface area contributed by atoms with Gasteiger partial charge in [-0.1, -0.05) is 48.0 Å². The Kier molecular flexibility index (Phi) is 7.00. The number of nitrogens with zero attached hydrogens (tertiary/aromatic N) is 2. The molecular weight excluding hydrogens is 436 g/mol. The molecule has 33 heavy (non-hydrogen) atoms. The van der Waals surface area contributed by atoms with Crippen LogP contribution in [0, 0.1) is 13.8 Å². The molecule has 1 amide bonds. The molecule has 0 atom stereocenters. The van der Waals surface area contributed by atoms with Gasteiger partial charge >= 0.3 is 0 Å². The number of benzene rings is 2. The van der Waals surface area contributed by atoms with Crippen LogP contribution in [0.25, 0.3) is 0 Å². The lowest BCUT2D eigenvalue weighted by Gasteiger charge is -2.27. The largest absolute Gasteiger partial charge is 0.464 e. The van der Waals surface area contributed by atoms with Gasteiger partial charge < -0.3 is 9.32 Å². The van der Waals surface area contributed by atoms with Gasteiger partial charge in [-0.3, -0.25) is 4.79 Å². The minimum Gasteiger partial charge on any atom is -0.464 e. The quantitative estimate of drug-likeness (QED) is 0.446. The van der Waals surface area contributed by atoms with E-state index in [1.54, 1.807) is 29.2 Å². The van der Waals surface area contributed by atoms with Gasteiger partial charge in [0.1, 0.15) is 11.5 Å². The molecule has 6 nitrogen and oxygen atoms in total. The highest BCUT2D eigenvalue weighted by Gasteiger charge is 2.40. The van der Waals surface area contributed by atoms with Gasteiger partial charge in [0.2, 0.25) is 15.9 Å². The van der Waals surface area contributed by atoms with Crippen molar-refractivity contribution in [2.24, 2.45) is 0 Å². The number of amides is 1. The fourth-order valence-corrected chi connectivity index (χ4v) is 5.45. The molecule has 1 fully saturated rings. The number of carbonyl (C=O) groups is 1. The second kappa shape index (κ2) is 9.93. The van der Waals surface area contributed by atoms with Crippen LogP contribution >= 0.6 is 0 Å². The van der Waals surface area contributed by atoms with Gasteiger partial charge in [0.25, 0.3) is 0 Å². The predicted octanol–water partition coefficient (Wildman–Crippen LogP) is 4.32. The van der Waals surface area contributed by atoms with Crippen LogP contribution < -0.4 is 0 Å². The first kappa shape index (κ1) is 23.3. The molecule has 1 aliphatic carbocycles. The standard InChI is InChI=1S/C26H30N2O4S/c1-20-8-14-25(15-9-20)33(30,31)28(23-11-12-23)19-26(29)27(18-24-13-10-21(2)32-24)17-16-22-6-4-3-5-7-22/h3-10,13-15,23H,11-12,16-19H2,1-2H3. The van der Waals surface area contributed by atoms with Crippen molar-refractivity contribution in [3.05, 3.63) is 89.4 Å². The number of furan rings is 1. The van der Waals surface area contributed by atoms with Crippen molar-refractivity contribution in [2.75, 3.05) is 13.1 Å². The minimum absolute atomic E-state index is 0.123. The summed E-state index contributed by atoms with van der Waals surface area (Å²) in [5, 5.41) is 0. The molecule has 7 heteroatoms. The van der Waals surface area contributed by atoms with E-state index in [1.807, 2.05) is 56.3 Å². The van der Waals surface area contributed by atoms with Crippen LogP contribution in [0.4, 0.5) is 0 Å². The van der Waals surface area contributed by atoms with Crippen molar-refractivity contribution < 1.29 is 17.6 Å². The van der Waals surface area contributed by atoms with E-state index in [2.05, 4.69) is 0 Å². The van der Waals surface area contributed by atoms with E-state index in [0.29, 0.717) is 25.3 Å². The van der Waals surface area contributed by atoms with E-state index in [4.69, 9.17) is 4.42 Å². The number of rotatable bonds is 10. The Balaban J connectivity index is 1.53. The molecule has 4 rings (SSSR count). The van der Waals surface area contributed by atoms with Gasteiger partial charge in [0.15, 0.2) is 0 Å². The highest BCUT2D eigenvalue weighted by Crippen LogP contribution is 2.32. The maximum atomic E-state index is 13.4. The Bertz CT molecular complexity index is 1180. The lowest BCUT2D eigenvalue weighted by atomic mass is 10.1. The number of hydrogen-bond donors (Lipinski definition) is 0. The molecule has 1 saturated carbocycles. The highest BCUT2D eigenvalue weighted by molar-refractivity contribution is 7.89. The minimum atomic E-state index is -3.76. The average Bonchev–Trinajstić information content (AvgIpc) is 3.56. The fraction of sp³-hybridized carbons (Fsp3) is 0.346. The highest BCUT2D eigenvalue weighted by atomic mass is 32.2. The molecule has 3 aromatic rings. The molecule has 0 unspecified atom stereocenters. The maximum absolute atomic E-state index is 13.4. The summed E-state index contributed by atoms with van der Waals surface area (Å²) in [6.45, 7) is 4.39. The summed E-state index contributed by atoms with van der Waals surface area (Å²) < 4.78 is 33.8. The SMILES string of the molecule is Cc1ccc(S(=O)(=O)N(CC(=O)N(CCc2ccccc2)Cc2ccc(C)o2)C2CC2)cc1. The fourth-order valence-electron chi connectivity index (χ4n) is 3.81. The van der Waals surface area contributed by atoms with Crippen LogP contribution in [0.5, 0.6) is 0 Å². The van der Waals surface area contributed by atoms with E-state index >= 15 is 0 Å². The normalized spacial score (nSPS) is 13.9. The lowest BCUT2D eigenvalue weighted by molar-refractivity contribution is -0.132. The second-order valence-corrected chi connectivity index (χ2v) is 10.5. The van der Waals surface area contributed by atoms with Gasteiger partial charge in [-0.2, -0.15) is 4.31 Å². The average molecular weight is 467 g/mol. The molecule has 2 aromatic carbocycles. The number of sulfonamides is 1. The van der Waals surface area contributed by atoms with E-state index in [9.17, 15) is 13.2 Å². The van der Waals surface area contributed by atoms with Crippen LogP contribution in [0.3, 0.4) is 0 Å². The summed E-state index contributed by atoms with van der Waals surface area (Å²) in [5.74, 6) is 1.25. The third kappa shape index (κ3) is 5.92. The van der Waals surface area contributed by atoms with Gasteiger partial charge in [-0.15, -0.1) is 0 Å². The zero-order valence-electron chi connectivity index (χ0n) is 19.1. The molecule has 0 spiro atoms. The third-order valence-electron chi connectivity index (χ3n) is 5.88. The predicted molar refractivity (Wildman–Crippen MR) is 127 cm³/mol. The Labute approximate surface area is 195 Å². The van der Waals surface area contributed by atoms with Crippen LogP contribution in [0.15, 0.2) is 76.0 Å². The van der Waals surface area contributed by atoms with Crippen LogP contribution in [0.2, 0.25) is 0 Å². The van der Waals surface area contributed by atoms with Crippen LogP contribution in [-0.2, 0) is 27.8 Å². The molecule has 0 saturated heterocycles. The van der Waals surface area contributed by atoms with Gasteiger partial charge in [0, 0.05) is 12.6 Å². The Morgan fingerprint density at radius 3 is 2.27 bits per heavy atom. The Hall–Kier alpha value is -2.90. The summed E-state index contributed by atoms with van der Waals surface area (Å²) in [4.78, 5) is 15.4. The van der Waals surface area contributed by atoms with Crippen LogP contribution in [-0.4, -0.2) is 42.7 Å². The van der Waals surface area contributed by atoms with Crippen molar-refractivity contribution in [2.45, 2.75) is 50.6 Å². The number of carbonyl (C=O) groups excluding carboxylic acids is 1. The van der Waals surface area contributed by atoms with Crippen molar-refractivity contribution in [3.63, 3.8) is 0 Å². The maximum Gasteiger partial charge on any atom is 0.243 e. The van der Waals surface area contributed by atoms with E-state index < -0.39 is 10.0 Å². The van der Waals surface area contributed by atoms with Crippen molar-refractivity contribution in [1.82, 2.24) is 9.21 Å². The van der Waals surface area contributed by atoms with E-state index in [1.165, 1.54) is 4.31 Å². The van der Waals surface area contributed by atoms with Crippen molar-refractivity contribution in [3.8, 4) is 0 Å². The summed E-state index contributed by atoms with van der Waals surface area (Å²) in [5.41, 5.74) is 2.11. The van der Waals surface area contributed by atoms with Gasteiger partial charge in [-0.25, -0.2) is 8.42 Å². The Morgan fingerprint density at radius 1 is 0.970 bits per heavy atom. The summed E-state index contributed by atoms with van der Waals surface area (Å²) >= 11 is 0. The topological polar surface area (TPSA) is 70.8 Å².